The van der Waals surface area contributed by atoms with Gasteiger partial charge in [-0.25, -0.2) is 4.79 Å². The molecule has 0 radical (unpaired) electrons. The number of unbranched alkanes of at least 4 members (excludes halogenated alkanes) is 1. The predicted molar refractivity (Wildman–Crippen MR) is 98.5 cm³/mol. The van der Waals surface area contributed by atoms with E-state index in [1.807, 2.05) is 18.2 Å². The van der Waals surface area contributed by atoms with Gasteiger partial charge in [-0.05, 0) is 62.4 Å². The summed E-state index contributed by atoms with van der Waals surface area (Å²) in [5.41, 5.74) is 2.05. The molecule has 0 aliphatic carbocycles. The second-order valence-corrected chi connectivity index (χ2v) is 6.88. The summed E-state index contributed by atoms with van der Waals surface area (Å²) < 4.78 is 0. The third kappa shape index (κ3) is 5.80. The van der Waals surface area contributed by atoms with E-state index in [1.54, 1.807) is 0 Å². The van der Waals surface area contributed by atoms with Crippen LogP contribution in [0.4, 0.5) is 10.5 Å². The predicted octanol–water partition coefficient (Wildman–Crippen LogP) is 3.17. The van der Waals surface area contributed by atoms with E-state index in [9.17, 15) is 9.90 Å². The van der Waals surface area contributed by atoms with Crippen LogP contribution in [0.15, 0.2) is 24.3 Å². The lowest BCUT2D eigenvalue weighted by atomic mass is 10.0. The van der Waals surface area contributed by atoms with Crippen LogP contribution in [0, 0.1) is 0 Å². The molecule has 1 heterocycles. The number of aliphatic hydroxyl groups excluding tert-OH is 1. The van der Waals surface area contributed by atoms with Crippen molar-refractivity contribution >= 4 is 11.7 Å². The smallest absolute Gasteiger partial charge is 0.319 e. The van der Waals surface area contributed by atoms with E-state index in [2.05, 4.69) is 35.4 Å². The van der Waals surface area contributed by atoms with Crippen LogP contribution < -0.4 is 10.6 Å². The van der Waals surface area contributed by atoms with E-state index in [0.717, 1.165) is 38.0 Å². The van der Waals surface area contributed by atoms with E-state index < -0.39 is 0 Å². The van der Waals surface area contributed by atoms with Crippen molar-refractivity contribution in [3.05, 3.63) is 29.8 Å². The average Bonchev–Trinajstić information content (AvgIpc) is 3.02. The van der Waals surface area contributed by atoms with Crippen molar-refractivity contribution in [1.29, 1.82) is 0 Å². The zero-order valence-electron chi connectivity index (χ0n) is 14.9. The van der Waals surface area contributed by atoms with Crippen molar-refractivity contribution < 1.29 is 9.90 Å². The Morgan fingerprint density at radius 3 is 2.96 bits per heavy atom. The Balaban J connectivity index is 1.62. The minimum Gasteiger partial charge on any atom is -0.395 e. The zero-order valence-corrected chi connectivity index (χ0v) is 14.9. The quantitative estimate of drug-likeness (QED) is 0.640. The van der Waals surface area contributed by atoms with Crippen LogP contribution in [0.25, 0.3) is 0 Å². The monoisotopic (exact) mass is 333 g/mol. The molecule has 1 saturated heterocycles. The summed E-state index contributed by atoms with van der Waals surface area (Å²) in [4.78, 5) is 14.3. The van der Waals surface area contributed by atoms with E-state index >= 15 is 0 Å². The Morgan fingerprint density at radius 1 is 1.38 bits per heavy atom. The van der Waals surface area contributed by atoms with Gasteiger partial charge in [0.2, 0.25) is 0 Å². The number of nitrogens with one attached hydrogen (secondary N) is 2. The number of urea groups is 1. The van der Waals surface area contributed by atoms with Gasteiger partial charge in [-0.3, -0.25) is 4.90 Å². The van der Waals surface area contributed by atoms with E-state index in [4.69, 9.17) is 0 Å². The lowest BCUT2D eigenvalue weighted by Gasteiger charge is -2.22. The molecule has 1 aromatic rings. The van der Waals surface area contributed by atoms with Crippen molar-refractivity contribution in [1.82, 2.24) is 10.2 Å². The summed E-state index contributed by atoms with van der Waals surface area (Å²) in [6.07, 6.45) is 4.28. The zero-order chi connectivity index (χ0) is 17.4. The van der Waals surface area contributed by atoms with Crippen molar-refractivity contribution in [2.45, 2.75) is 51.5 Å². The number of hydrogen-bond acceptors (Lipinski definition) is 3. The van der Waals surface area contributed by atoms with Crippen LogP contribution in [0.5, 0.6) is 0 Å². The molecule has 1 aliphatic heterocycles. The Morgan fingerprint density at radius 2 is 2.21 bits per heavy atom. The number of benzene rings is 1. The first-order valence-corrected chi connectivity index (χ1v) is 9.10. The maximum Gasteiger partial charge on any atom is 0.319 e. The highest BCUT2D eigenvalue weighted by molar-refractivity contribution is 5.89. The second-order valence-electron chi connectivity index (χ2n) is 6.88. The number of aliphatic hydroxyl groups is 1. The van der Waals surface area contributed by atoms with Crippen LogP contribution in [0.1, 0.15) is 51.0 Å². The Hall–Kier alpha value is -1.59. The summed E-state index contributed by atoms with van der Waals surface area (Å²) in [6, 6.07) is 8.17. The van der Waals surface area contributed by atoms with Gasteiger partial charge < -0.3 is 15.7 Å². The lowest BCUT2D eigenvalue weighted by Crippen LogP contribution is -2.34. The highest BCUT2D eigenvalue weighted by Gasteiger charge is 2.22. The maximum atomic E-state index is 11.9. The first-order valence-electron chi connectivity index (χ1n) is 9.10. The highest BCUT2D eigenvalue weighted by atomic mass is 16.3. The number of anilines is 1. The van der Waals surface area contributed by atoms with Gasteiger partial charge in [0.1, 0.15) is 0 Å². The van der Waals surface area contributed by atoms with Gasteiger partial charge in [-0.2, -0.15) is 0 Å². The van der Waals surface area contributed by atoms with E-state index in [-0.39, 0.29) is 12.6 Å². The molecular formula is C19H31N3O2. The van der Waals surface area contributed by atoms with Gasteiger partial charge in [0.05, 0.1) is 6.61 Å². The van der Waals surface area contributed by atoms with Crippen molar-refractivity contribution in [2.75, 3.05) is 31.6 Å². The van der Waals surface area contributed by atoms with Gasteiger partial charge in [-0.1, -0.05) is 26.0 Å². The fourth-order valence-electron chi connectivity index (χ4n) is 3.19. The van der Waals surface area contributed by atoms with Gasteiger partial charge in [0, 0.05) is 18.3 Å². The van der Waals surface area contributed by atoms with Crippen molar-refractivity contribution in [3.63, 3.8) is 0 Å². The molecule has 0 spiro atoms. The Labute approximate surface area is 145 Å². The Kier molecular flexibility index (Phi) is 7.53. The van der Waals surface area contributed by atoms with Crippen LogP contribution >= 0.6 is 0 Å². The maximum absolute atomic E-state index is 11.9. The number of hydrogen-bond donors (Lipinski definition) is 3. The van der Waals surface area contributed by atoms with Crippen molar-refractivity contribution in [2.24, 2.45) is 0 Å². The fourth-order valence-corrected chi connectivity index (χ4v) is 3.19. The summed E-state index contributed by atoms with van der Waals surface area (Å²) in [5, 5.41) is 15.1. The van der Waals surface area contributed by atoms with Gasteiger partial charge in [-0.15, -0.1) is 0 Å². The normalized spacial score (nSPS) is 18.1. The standard InChI is InChI=1S/C19H31N3O2/c1-15(2)16-7-5-8-17(13-16)21-19(24)20-10-3-4-11-22-12-6-9-18(22)14-23/h5,7-8,13,15,18,23H,3-4,6,9-12,14H2,1-2H3,(H2,20,21,24). The van der Waals surface area contributed by atoms with Crippen molar-refractivity contribution in [3.8, 4) is 0 Å². The number of carbonyl (C=O) groups is 1. The van der Waals surface area contributed by atoms with E-state index in [1.165, 1.54) is 12.0 Å². The highest BCUT2D eigenvalue weighted by Crippen LogP contribution is 2.18. The molecule has 0 aromatic heterocycles. The molecule has 3 N–H and O–H groups in total. The van der Waals surface area contributed by atoms with Crippen LogP contribution in [-0.4, -0.2) is 48.3 Å². The Bertz CT molecular complexity index is 519. The molecule has 1 atom stereocenters. The molecule has 24 heavy (non-hydrogen) atoms. The van der Waals surface area contributed by atoms with Crippen LogP contribution in [0.3, 0.4) is 0 Å². The molecule has 0 bridgehead atoms. The van der Waals surface area contributed by atoms with Crippen LogP contribution in [-0.2, 0) is 0 Å². The molecule has 1 fully saturated rings. The number of likely N-dealkylation sites (tertiary alicyclic amines) is 1. The fraction of sp³-hybridized carbons (Fsp3) is 0.632. The lowest BCUT2D eigenvalue weighted by molar-refractivity contribution is 0.157. The number of amides is 2. The topological polar surface area (TPSA) is 64.6 Å². The summed E-state index contributed by atoms with van der Waals surface area (Å²) in [6.45, 7) is 7.31. The molecule has 134 valence electrons. The molecule has 1 unspecified atom stereocenters. The first kappa shape index (κ1) is 18.7. The summed E-state index contributed by atoms with van der Waals surface area (Å²) in [5.74, 6) is 0.447. The molecule has 0 saturated carbocycles. The first-order chi connectivity index (χ1) is 11.6. The molecular weight excluding hydrogens is 302 g/mol. The molecule has 5 heteroatoms. The van der Waals surface area contributed by atoms with Crippen LogP contribution in [0.2, 0.25) is 0 Å². The molecule has 2 rings (SSSR count). The third-order valence-corrected chi connectivity index (χ3v) is 4.68. The molecule has 1 aromatic carbocycles. The van der Waals surface area contributed by atoms with Gasteiger partial charge in [0.25, 0.3) is 0 Å². The van der Waals surface area contributed by atoms with Gasteiger partial charge >= 0.3 is 6.03 Å². The summed E-state index contributed by atoms with van der Waals surface area (Å²) in [7, 11) is 0. The number of carbonyl (C=O) groups excluding carboxylic acids is 1. The number of rotatable bonds is 8. The average molecular weight is 333 g/mol. The number of nitrogens with zero attached hydrogens (tertiary/aromatic N) is 1. The van der Waals surface area contributed by atoms with E-state index in [0.29, 0.717) is 18.5 Å². The second kappa shape index (κ2) is 9.64. The largest absolute Gasteiger partial charge is 0.395 e. The third-order valence-electron chi connectivity index (χ3n) is 4.68. The van der Waals surface area contributed by atoms with Gasteiger partial charge in [0.15, 0.2) is 0 Å². The minimum atomic E-state index is -0.148. The molecule has 1 aliphatic rings. The minimum absolute atomic E-state index is 0.148. The SMILES string of the molecule is CC(C)c1cccc(NC(=O)NCCCCN2CCCC2CO)c1. The molecule has 2 amide bonds. The summed E-state index contributed by atoms with van der Waals surface area (Å²) >= 11 is 0. The molecule has 5 nitrogen and oxygen atoms in total.